The minimum absolute atomic E-state index is 0.258. The molecular formula is C7H2BrF3O. The Kier molecular flexibility index (Phi) is 2.52. The summed E-state index contributed by atoms with van der Waals surface area (Å²) in [5.41, 5.74) is -0.258. The topological polar surface area (TPSA) is 17.1 Å². The van der Waals surface area contributed by atoms with Crippen LogP contribution in [0.25, 0.3) is 0 Å². The second kappa shape index (κ2) is 3.26. The number of hydrogen-bond acceptors (Lipinski definition) is 1. The predicted octanol–water partition coefficient (Wildman–Crippen LogP) is 2.64. The van der Waals surface area contributed by atoms with Crippen LogP contribution in [0, 0.1) is 17.5 Å². The fraction of sp³-hybridized carbons (Fsp3) is 0. The van der Waals surface area contributed by atoms with Gasteiger partial charge in [0, 0.05) is 5.56 Å². The van der Waals surface area contributed by atoms with E-state index in [0.717, 1.165) is 0 Å². The summed E-state index contributed by atoms with van der Waals surface area (Å²) in [6.07, 6.45) is 0. The van der Waals surface area contributed by atoms with Gasteiger partial charge >= 0.3 is 0 Å². The monoisotopic (exact) mass is 238 g/mol. The third-order valence-electron chi connectivity index (χ3n) is 1.21. The fourth-order valence-electron chi connectivity index (χ4n) is 0.669. The fourth-order valence-corrected chi connectivity index (χ4v) is 0.898. The van der Waals surface area contributed by atoms with Crippen LogP contribution < -0.4 is 0 Å². The number of hydrogen-bond donors (Lipinski definition) is 0. The molecule has 0 atom stereocenters. The average Bonchev–Trinajstić information content (AvgIpc) is 1.99. The molecule has 1 nitrogen and oxygen atoms in total. The molecule has 64 valence electrons. The molecule has 0 aliphatic carbocycles. The number of rotatable bonds is 1. The van der Waals surface area contributed by atoms with Crippen molar-refractivity contribution < 1.29 is 18.0 Å². The van der Waals surface area contributed by atoms with Gasteiger partial charge in [-0.2, -0.15) is 0 Å². The van der Waals surface area contributed by atoms with Gasteiger partial charge in [0.2, 0.25) is 4.69 Å². The third kappa shape index (κ3) is 1.66. The van der Waals surface area contributed by atoms with Crippen molar-refractivity contribution in [1.29, 1.82) is 0 Å². The molecule has 0 saturated carbocycles. The molecule has 0 heterocycles. The smallest absolute Gasteiger partial charge is 0.228 e. The zero-order valence-electron chi connectivity index (χ0n) is 5.57. The van der Waals surface area contributed by atoms with Crippen molar-refractivity contribution in [3.63, 3.8) is 0 Å². The summed E-state index contributed by atoms with van der Waals surface area (Å²) in [6.45, 7) is 0. The van der Waals surface area contributed by atoms with E-state index >= 15 is 0 Å². The van der Waals surface area contributed by atoms with Gasteiger partial charge in [-0.1, -0.05) is 0 Å². The van der Waals surface area contributed by atoms with E-state index in [2.05, 4.69) is 15.9 Å². The van der Waals surface area contributed by atoms with Crippen LogP contribution in [-0.4, -0.2) is 4.69 Å². The van der Waals surface area contributed by atoms with Crippen molar-refractivity contribution in [2.75, 3.05) is 0 Å². The van der Waals surface area contributed by atoms with E-state index in [0.29, 0.717) is 12.1 Å². The van der Waals surface area contributed by atoms with E-state index in [4.69, 9.17) is 0 Å². The molecular weight excluding hydrogens is 237 g/mol. The summed E-state index contributed by atoms with van der Waals surface area (Å²) in [7, 11) is 0. The summed E-state index contributed by atoms with van der Waals surface area (Å²) in [5.74, 6) is -4.33. The van der Waals surface area contributed by atoms with Crippen LogP contribution >= 0.6 is 15.9 Å². The molecule has 0 aliphatic rings. The van der Waals surface area contributed by atoms with E-state index in [1.54, 1.807) is 0 Å². The molecule has 0 aliphatic heterocycles. The molecule has 0 aromatic heterocycles. The summed E-state index contributed by atoms with van der Waals surface area (Å²) >= 11 is 2.48. The Labute approximate surface area is 74.3 Å². The first-order valence-electron chi connectivity index (χ1n) is 2.86. The first-order chi connectivity index (χ1) is 5.52. The van der Waals surface area contributed by atoms with Crippen molar-refractivity contribution in [2.24, 2.45) is 0 Å². The van der Waals surface area contributed by atoms with Crippen LogP contribution in [0.4, 0.5) is 13.2 Å². The Morgan fingerprint density at radius 3 is 1.92 bits per heavy atom. The van der Waals surface area contributed by atoms with Crippen LogP contribution in [0.1, 0.15) is 10.4 Å². The van der Waals surface area contributed by atoms with Gasteiger partial charge in [-0.3, -0.25) is 4.79 Å². The Morgan fingerprint density at radius 1 is 1.17 bits per heavy atom. The number of halogens is 4. The first kappa shape index (κ1) is 9.25. The lowest BCUT2D eigenvalue weighted by atomic mass is 10.2. The molecule has 5 heteroatoms. The maximum Gasteiger partial charge on any atom is 0.228 e. The van der Waals surface area contributed by atoms with Crippen molar-refractivity contribution in [3.8, 4) is 0 Å². The number of carbonyl (C=O) groups is 1. The molecule has 0 fully saturated rings. The second-order valence-electron chi connectivity index (χ2n) is 2.03. The summed E-state index contributed by atoms with van der Waals surface area (Å²) in [6, 6.07) is 1.24. The molecule has 0 N–H and O–H groups in total. The third-order valence-corrected chi connectivity index (χ3v) is 1.67. The van der Waals surface area contributed by atoms with E-state index in [1.807, 2.05) is 0 Å². The van der Waals surface area contributed by atoms with Crippen molar-refractivity contribution in [2.45, 2.75) is 0 Å². The van der Waals surface area contributed by atoms with Gasteiger partial charge in [0.05, 0.1) is 0 Å². The summed E-state index contributed by atoms with van der Waals surface area (Å²) in [4.78, 5) is 10.5. The zero-order valence-corrected chi connectivity index (χ0v) is 7.16. The predicted molar refractivity (Wildman–Crippen MR) is 39.6 cm³/mol. The molecule has 1 aromatic carbocycles. The zero-order chi connectivity index (χ0) is 9.30. The molecule has 1 rings (SSSR count). The van der Waals surface area contributed by atoms with Gasteiger partial charge < -0.3 is 0 Å². The average molecular weight is 239 g/mol. The maximum atomic E-state index is 12.4. The highest BCUT2D eigenvalue weighted by atomic mass is 79.9. The minimum atomic E-state index is -1.58. The molecule has 0 saturated heterocycles. The largest absolute Gasteiger partial charge is 0.281 e. The maximum absolute atomic E-state index is 12.4. The van der Waals surface area contributed by atoms with Crippen LogP contribution in [0.3, 0.4) is 0 Å². The van der Waals surface area contributed by atoms with Gasteiger partial charge in [0.1, 0.15) is 0 Å². The highest BCUT2D eigenvalue weighted by Gasteiger charge is 2.12. The van der Waals surface area contributed by atoms with Gasteiger partial charge in [0.25, 0.3) is 0 Å². The van der Waals surface area contributed by atoms with E-state index in [-0.39, 0.29) is 5.56 Å². The molecule has 0 radical (unpaired) electrons. The van der Waals surface area contributed by atoms with E-state index < -0.39 is 22.1 Å². The van der Waals surface area contributed by atoms with Crippen LogP contribution in [-0.2, 0) is 0 Å². The molecule has 0 spiro atoms. The normalized spacial score (nSPS) is 10.0. The first-order valence-corrected chi connectivity index (χ1v) is 3.66. The quantitative estimate of drug-likeness (QED) is 0.543. The molecule has 12 heavy (non-hydrogen) atoms. The Balaban J connectivity index is 3.31. The lowest BCUT2D eigenvalue weighted by Crippen LogP contribution is -1.96. The van der Waals surface area contributed by atoms with E-state index in [1.165, 1.54) is 0 Å². The van der Waals surface area contributed by atoms with Crippen LogP contribution in [0.15, 0.2) is 12.1 Å². The number of carbonyl (C=O) groups excluding carboxylic acids is 1. The molecule has 0 bridgehead atoms. The summed E-state index contributed by atoms with van der Waals surface area (Å²) < 4.78 is 36.4. The Hall–Kier alpha value is -0.840. The Bertz CT molecular complexity index is 314. The van der Waals surface area contributed by atoms with Crippen LogP contribution in [0.2, 0.25) is 0 Å². The SMILES string of the molecule is O=C(Br)c1cc(F)c(F)c(F)c1. The second-order valence-corrected chi connectivity index (χ2v) is 2.75. The number of benzene rings is 1. The van der Waals surface area contributed by atoms with E-state index in [9.17, 15) is 18.0 Å². The summed E-state index contributed by atoms with van der Waals surface area (Å²) in [5, 5.41) is 0. The highest BCUT2D eigenvalue weighted by molar-refractivity contribution is 9.18. The minimum Gasteiger partial charge on any atom is -0.281 e. The van der Waals surface area contributed by atoms with Gasteiger partial charge in [-0.15, -0.1) is 0 Å². The van der Waals surface area contributed by atoms with Crippen LogP contribution in [0.5, 0.6) is 0 Å². The molecule has 0 amide bonds. The van der Waals surface area contributed by atoms with Gasteiger partial charge in [0.15, 0.2) is 17.5 Å². The van der Waals surface area contributed by atoms with Crippen molar-refractivity contribution in [1.82, 2.24) is 0 Å². The highest BCUT2D eigenvalue weighted by Crippen LogP contribution is 2.15. The molecule has 1 aromatic rings. The lowest BCUT2D eigenvalue weighted by molar-refractivity contribution is 0.109. The lowest BCUT2D eigenvalue weighted by Gasteiger charge is -1.97. The van der Waals surface area contributed by atoms with Gasteiger partial charge in [-0.05, 0) is 28.1 Å². The Morgan fingerprint density at radius 2 is 1.58 bits per heavy atom. The van der Waals surface area contributed by atoms with Crippen molar-refractivity contribution >= 4 is 20.6 Å². The molecule has 0 unspecified atom stereocenters. The standard InChI is InChI=1S/C7H2BrF3O/c8-7(12)3-1-4(9)6(11)5(10)2-3/h1-2H. The van der Waals surface area contributed by atoms with Gasteiger partial charge in [-0.25, -0.2) is 13.2 Å². The van der Waals surface area contributed by atoms with Crippen molar-refractivity contribution in [3.05, 3.63) is 35.1 Å².